The largest absolute Gasteiger partial charge is 0.336 e. The first-order valence-electron chi connectivity index (χ1n) is 7.61. The Kier molecular flexibility index (Phi) is 5.18. The van der Waals surface area contributed by atoms with E-state index in [-0.39, 0.29) is 12.0 Å². The van der Waals surface area contributed by atoms with E-state index in [0.717, 1.165) is 32.5 Å². The SMILES string of the molecule is CC(C)N(Cc1ccccc1)C(=O)C1CCCN(C)C1. The summed E-state index contributed by atoms with van der Waals surface area (Å²) in [5.74, 6) is 0.482. The number of hydrogen-bond donors (Lipinski definition) is 0. The van der Waals surface area contributed by atoms with Crippen LogP contribution in [0.4, 0.5) is 0 Å². The van der Waals surface area contributed by atoms with Gasteiger partial charge in [0.15, 0.2) is 0 Å². The summed E-state index contributed by atoms with van der Waals surface area (Å²) in [4.78, 5) is 17.1. The van der Waals surface area contributed by atoms with E-state index in [9.17, 15) is 4.79 Å². The van der Waals surface area contributed by atoms with Crippen LogP contribution in [0.1, 0.15) is 32.3 Å². The highest BCUT2D eigenvalue weighted by molar-refractivity contribution is 5.79. The minimum absolute atomic E-state index is 0.167. The van der Waals surface area contributed by atoms with E-state index in [0.29, 0.717) is 5.91 Å². The quantitative estimate of drug-likeness (QED) is 0.843. The zero-order valence-electron chi connectivity index (χ0n) is 12.9. The second kappa shape index (κ2) is 6.89. The van der Waals surface area contributed by atoms with Gasteiger partial charge in [-0.05, 0) is 45.8 Å². The summed E-state index contributed by atoms with van der Waals surface area (Å²) in [6.45, 7) is 6.94. The lowest BCUT2D eigenvalue weighted by atomic mass is 9.96. The highest BCUT2D eigenvalue weighted by atomic mass is 16.2. The van der Waals surface area contributed by atoms with Crippen molar-refractivity contribution in [3.63, 3.8) is 0 Å². The van der Waals surface area contributed by atoms with Gasteiger partial charge in [-0.15, -0.1) is 0 Å². The lowest BCUT2D eigenvalue weighted by molar-refractivity contribution is -0.139. The van der Waals surface area contributed by atoms with Crippen molar-refractivity contribution in [3.8, 4) is 0 Å². The van der Waals surface area contributed by atoms with Crippen LogP contribution >= 0.6 is 0 Å². The molecular formula is C17H26N2O. The van der Waals surface area contributed by atoms with Crippen LogP contribution in [0.2, 0.25) is 0 Å². The molecule has 1 aliphatic heterocycles. The molecule has 2 rings (SSSR count). The van der Waals surface area contributed by atoms with Crippen molar-refractivity contribution in [3.05, 3.63) is 35.9 Å². The Balaban J connectivity index is 2.06. The number of piperidine rings is 1. The molecule has 1 aromatic carbocycles. The normalized spacial score (nSPS) is 20.1. The molecule has 1 fully saturated rings. The highest BCUT2D eigenvalue weighted by Crippen LogP contribution is 2.20. The fourth-order valence-electron chi connectivity index (χ4n) is 2.90. The van der Waals surface area contributed by atoms with Gasteiger partial charge in [0.2, 0.25) is 5.91 Å². The van der Waals surface area contributed by atoms with Gasteiger partial charge in [0, 0.05) is 19.1 Å². The van der Waals surface area contributed by atoms with Crippen molar-refractivity contribution in [1.82, 2.24) is 9.80 Å². The van der Waals surface area contributed by atoms with Crippen LogP contribution in [0.15, 0.2) is 30.3 Å². The summed E-state index contributed by atoms with van der Waals surface area (Å²) >= 11 is 0. The molecule has 0 radical (unpaired) electrons. The van der Waals surface area contributed by atoms with Crippen molar-refractivity contribution in [2.45, 2.75) is 39.3 Å². The maximum atomic E-state index is 12.8. The molecule has 0 saturated carbocycles. The highest BCUT2D eigenvalue weighted by Gasteiger charge is 2.29. The Morgan fingerprint density at radius 2 is 2.05 bits per heavy atom. The summed E-state index contributed by atoms with van der Waals surface area (Å²) in [6.07, 6.45) is 2.16. The summed E-state index contributed by atoms with van der Waals surface area (Å²) in [6, 6.07) is 10.5. The fraction of sp³-hybridized carbons (Fsp3) is 0.588. The van der Waals surface area contributed by atoms with E-state index in [1.807, 2.05) is 23.1 Å². The van der Waals surface area contributed by atoms with E-state index in [1.54, 1.807) is 0 Å². The fourth-order valence-corrected chi connectivity index (χ4v) is 2.90. The van der Waals surface area contributed by atoms with E-state index >= 15 is 0 Å². The predicted molar refractivity (Wildman–Crippen MR) is 82.3 cm³/mol. The number of carbonyl (C=O) groups excluding carboxylic acids is 1. The van der Waals surface area contributed by atoms with Crippen molar-refractivity contribution in [1.29, 1.82) is 0 Å². The number of nitrogens with zero attached hydrogens (tertiary/aromatic N) is 2. The second-order valence-corrected chi connectivity index (χ2v) is 6.15. The van der Waals surface area contributed by atoms with Gasteiger partial charge in [0.05, 0.1) is 5.92 Å². The minimum atomic E-state index is 0.167. The van der Waals surface area contributed by atoms with Crippen LogP contribution < -0.4 is 0 Å². The molecule has 0 aromatic heterocycles. The zero-order valence-corrected chi connectivity index (χ0v) is 12.9. The Morgan fingerprint density at radius 3 is 2.65 bits per heavy atom. The summed E-state index contributed by atoms with van der Waals surface area (Å²) in [5, 5.41) is 0. The number of hydrogen-bond acceptors (Lipinski definition) is 2. The molecule has 20 heavy (non-hydrogen) atoms. The summed E-state index contributed by atoms with van der Waals surface area (Å²) < 4.78 is 0. The van der Waals surface area contributed by atoms with Crippen molar-refractivity contribution in [2.75, 3.05) is 20.1 Å². The lowest BCUT2D eigenvalue weighted by Gasteiger charge is -2.35. The standard InChI is InChI=1S/C17H26N2O/c1-14(2)19(12-15-8-5-4-6-9-15)17(20)16-10-7-11-18(3)13-16/h4-6,8-9,14,16H,7,10-13H2,1-3H3. The van der Waals surface area contributed by atoms with Crippen LogP contribution in [0.3, 0.4) is 0 Å². The Hall–Kier alpha value is -1.35. The minimum Gasteiger partial charge on any atom is -0.336 e. The Bertz CT molecular complexity index is 430. The molecule has 1 aliphatic rings. The van der Waals surface area contributed by atoms with Crippen molar-refractivity contribution in [2.24, 2.45) is 5.92 Å². The molecule has 1 saturated heterocycles. The zero-order chi connectivity index (χ0) is 14.5. The monoisotopic (exact) mass is 274 g/mol. The van der Waals surface area contributed by atoms with Gasteiger partial charge in [-0.25, -0.2) is 0 Å². The van der Waals surface area contributed by atoms with E-state index < -0.39 is 0 Å². The first-order valence-corrected chi connectivity index (χ1v) is 7.61. The molecule has 1 aromatic rings. The van der Waals surface area contributed by atoms with E-state index in [1.165, 1.54) is 5.56 Å². The average Bonchev–Trinajstić information content (AvgIpc) is 2.45. The molecular weight excluding hydrogens is 248 g/mol. The molecule has 1 atom stereocenters. The maximum absolute atomic E-state index is 12.8. The van der Waals surface area contributed by atoms with Gasteiger partial charge >= 0.3 is 0 Å². The average molecular weight is 274 g/mol. The molecule has 1 heterocycles. The second-order valence-electron chi connectivity index (χ2n) is 6.15. The van der Waals surface area contributed by atoms with Gasteiger partial charge < -0.3 is 9.80 Å². The Labute approximate surface area is 122 Å². The third-order valence-electron chi connectivity index (χ3n) is 4.08. The smallest absolute Gasteiger partial charge is 0.227 e. The first-order chi connectivity index (χ1) is 9.58. The van der Waals surface area contributed by atoms with Crippen LogP contribution in [-0.4, -0.2) is 41.9 Å². The van der Waals surface area contributed by atoms with Crippen LogP contribution in [0.5, 0.6) is 0 Å². The molecule has 1 unspecified atom stereocenters. The molecule has 0 N–H and O–H groups in total. The topological polar surface area (TPSA) is 23.6 Å². The third-order valence-corrected chi connectivity index (χ3v) is 4.08. The molecule has 1 amide bonds. The number of benzene rings is 1. The number of carbonyl (C=O) groups is 1. The van der Waals surface area contributed by atoms with Gasteiger partial charge in [-0.3, -0.25) is 4.79 Å². The van der Waals surface area contributed by atoms with Crippen LogP contribution in [0.25, 0.3) is 0 Å². The van der Waals surface area contributed by atoms with Crippen molar-refractivity contribution >= 4 is 5.91 Å². The molecule has 3 heteroatoms. The van der Waals surface area contributed by atoms with Crippen LogP contribution in [0, 0.1) is 5.92 Å². The summed E-state index contributed by atoms with van der Waals surface area (Å²) in [5.41, 5.74) is 1.21. The molecule has 0 spiro atoms. The van der Waals surface area contributed by atoms with Gasteiger partial charge in [-0.1, -0.05) is 30.3 Å². The molecule has 0 aliphatic carbocycles. The van der Waals surface area contributed by atoms with Gasteiger partial charge in [-0.2, -0.15) is 0 Å². The summed E-state index contributed by atoms with van der Waals surface area (Å²) in [7, 11) is 2.11. The number of rotatable bonds is 4. The first kappa shape index (κ1) is 15.0. The number of likely N-dealkylation sites (tertiary alicyclic amines) is 1. The van der Waals surface area contributed by atoms with E-state index in [2.05, 4.69) is 37.9 Å². The maximum Gasteiger partial charge on any atom is 0.227 e. The van der Waals surface area contributed by atoms with Gasteiger partial charge in [0.1, 0.15) is 0 Å². The van der Waals surface area contributed by atoms with Crippen molar-refractivity contribution < 1.29 is 4.79 Å². The molecule has 110 valence electrons. The predicted octanol–water partition coefficient (Wildman–Crippen LogP) is 2.77. The number of amides is 1. The van der Waals surface area contributed by atoms with Crippen LogP contribution in [-0.2, 0) is 11.3 Å². The third kappa shape index (κ3) is 3.83. The molecule has 0 bridgehead atoms. The van der Waals surface area contributed by atoms with Gasteiger partial charge in [0.25, 0.3) is 0 Å². The molecule has 3 nitrogen and oxygen atoms in total. The lowest BCUT2D eigenvalue weighted by Crippen LogP contribution is -2.45. The van der Waals surface area contributed by atoms with E-state index in [4.69, 9.17) is 0 Å². The Morgan fingerprint density at radius 1 is 1.35 bits per heavy atom.